The molecule has 0 heteroatoms. The third-order valence-electron chi connectivity index (χ3n) is 1.30. The Labute approximate surface area is 51.9 Å². The van der Waals surface area contributed by atoms with Gasteiger partial charge in [-0.25, -0.2) is 0 Å². The zero-order valence-corrected chi connectivity index (χ0v) is 5.99. The Kier molecular flexibility index (Phi) is 3.25. The number of hydrogen-bond donors (Lipinski definition) is 0. The minimum absolute atomic E-state index is 1.03. The van der Waals surface area contributed by atoms with E-state index in [1.807, 2.05) is 6.08 Å². The second kappa shape index (κ2) is 3.48. The van der Waals surface area contributed by atoms with Crippen LogP contribution in [0.3, 0.4) is 0 Å². The lowest BCUT2D eigenvalue weighted by molar-refractivity contribution is 1.14. The maximum Gasteiger partial charge on any atom is -0.0142 e. The van der Waals surface area contributed by atoms with Crippen LogP contribution in [0.2, 0.25) is 0 Å². The van der Waals surface area contributed by atoms with Gasteiger partial charge in [0.05, 0.1) is 0 Å². The van der Waals surface area contributed by atoms with E-state index in [9.17, 15) is 0 Å². The predicted molar refractivity (Wildman–Crippen MR) is 38.9 cm³/mol. The van der Waals surface area contributed by atoms with E-state index in [1.54, 1.807) is 0 Å². The summed E-state index contributed by atoms with van der Waals surface area (Å²) in [5, 5.41) is 0. The van der Waals surface area contributed by atoms with Crippen molar-refractivity contribution in [2.75, 3.05) is 0 Å². The van der Waals surface area contributed by atoms with Crippen molar-refractivity contribution in [3.8, 4) is 0 Å². The Balaban J connectivity index is 3.79. The average molecular weight is 110 g/mol. The predicted octanol–water partition coefficient (Wildman–Crippen LogP) is 2.92. The maximum absolute atomic E-state index is 3.65. The molecule has 0 unspecified atom stereocenters. The molecule has 0 aliphatic carbocycles. The summed E-state index contributed by atoms with van der Waals surface area (Å²) in [6.07, 6.45) is 2.96. The lowest BCUT2D eigenvalue weighted by Crippen LogP contribution is -1.75. The molecule has 0 aromatic carbocycles. The first-order valence-corrected chi connectivity index (χ1v) is 2.92. The van der Waals surface area contributed by atoms with Crippen molar-refractivity contribution in [3.05, 3.63) is 23.8 Å². The van der Waals surface area contributed by atoms with E-state index in [2.05, 4.69) is 27.4 Å². The van der Waals surface area contributed by atoms with Gasteiger partial charge in [-0.2, -0.15) is 0 Å². The van der Waals surface area contributed by atoms with Crippen molar-refractivity contribution in [1.82, 2.24) is 0 Å². The Morgan fingerprint density at radius 2 is 1.88 bits per heavy atom. The van der Waals surface area contributed by atoms with Gasteiger partial charge in [0.2, 0.25) is 0 Å². The molecule has 0 fully saturated rings. The van der Waals surface area contributed by atoms with E-state index in [0.29, 0.717) is 0 Å². The van der Waals surface area contributed by atoms with Gasteiger partial charge in [0.25, 0.3) is 0 Å². The van der Waals surface area contributed by atoms with Gasteiger partial charge in [0.1, 0.15) is 0 Å². The number of allylic oxidation sites excluding steroid dienone is 3. The van der Waals surface area contributed by atoms with Gasteiger partial charge in [-0.15, -0.1) is 6.58 Å². The highest BCUT2D eigenvalue weighted by molar-refractivity contribution is 5.09. The van der Waals surface area contributed by atoms with Crippen molar-refractivity contribution in [3.63, 3.8) is 0 Å². The molecule has 0 rings (SSSR count). The van der Waals surface area contributed by atoms with Gasteiger partial charge in [-0.05, 0) is 27.2 Å². The molecule has 0 heterocycles. The van der Waals surface area contributed by atoms with Gasteiger partial charge >= 0.3 is 0 Å². The molecule has 0 radical (unpaired) electrons. The van der Waals surface area contributed by atoms with Gasteiger partial charge in [-0.3, -0.25) is 0 Å². The minimum Gasteiger partial charge on any atom is -0.103 e. The Bertz CT molecular complexity index is 103. The summed E-state index contributed by atoms with van der Waals surface area (Å²) in [6, 6.07) is 0. The smallest absolute Gasteiger partial charge is 0.0142 e. The summed E-state index contributed by atoms with van der Waals surface area (Å²) in [7, 11) is 0. The lowest BCUT2D eigenvalue weighted by atomic mass is 10.1. The SMILES string of the molecule is C=CCC(C)=C(C)C. The van der Waals surface area contributed by atoms with Gasteiger partial charge in [-0.1, -0.05) is 17.2 Å². The fraction of sp³-hybridized carbons (Fsp3) is 0.500. The van der Waals surface area contributed by atoms with Crippen molar-refractivity contribution < 1.29 is 0 Å². The van der Waals surface area contributed by atoms with E-state index in [1.165, 1.54) is 11.1 Å². The molecule has 8 heavy (non-hydrogen) atoms. The standard InChI is InChI=1S/C8H14/c1-5-6-8(4)7(2)3/h5H,1,6H2,2-4H3. The highest BCUT2D eigenvalue weighted by atomic mass is 13.9. The first kappa shape index (κ1) is 7.48. The Hall–Kier alpha value is -0.520. The van der Waals surface area contributed by atoms with Crippen LogP contribution in [0.15, 0.2) is 23.8 Å². The van der Waals surface area contributed by atoms with E-state index in [-0.39, 0.29) is 0 Å². The largest absolute Gasteiger partial charge is 0.103 e. The molecule has 0 saturated heterocycles. The molecule has 0 atom stereocenters. The monoisotopic (exact) mass is 110 g/mol. The van der Waals surface area contributed by atoms with Crippen molar-refractivity contribution in [1.29, 1.82) is 0 Å². The molecule has 0 aliphatic heterocycles. The summed E-state index contributed by atoms with van der Waals surface area (Å²) >= 11 is 0. The third kappa shape index (κ3) is 2.62. The van der Waals surface area contributed by atoms with Crippen LogP contribution in [-0.4, -0.2) is 0 Å². The summed E-state index contributed by atoms with van der Waals surface area (Å²) in [6.45, 7) is 10.0. The molecular weight excluding hydrogens is 96.1 g/mol. The lowest BCUT2D eigenvalue weighted by Gasteiger charge is -1.95. The molecule has 46 valence electrons. The highest BCUT2D eigenvalue weighted by Crippen LogP contribution is 2.05. The molecule has 0 aromatic heterocycles. The topological polar surface area (TPSA) is 0 Å². The Morgan fingerprint density at radius 1 is 1.38 bits per heavy atom. The van der Waals surface area contributed by atoms with Gasteiger partial charge in [0, 0.05) is 0 Å². The van der Waals surface area contributed by atoms with Crippen LogP contribution in [0.5, 0.6) is 0 Å². The molecule has 0 bridgehead atoms. The van der Waals surface area contributed by atoms with Crippen molar-refractivity contribution >= 4 is 0 Å². The summed E-state index contributed by atoms with van der Waals surface area (Å²) in [5.74, 6) is 0. The molecule has 0 nitrogen and oxygen atoms in total. The molecule has 0 N–H and O–H groups in total. The van der Waals surface area contributed by atoms with Crippen LogP contribution in [0.4, 0.5) is 0 Å². The first-order valence-electron chi connectivity index (χ1n) is 2.92. The molecular formula is C8H14. The molecule has 0 saturated carbocycles. The second-order valence-electron chi connectivity index (χ2n) is 2.27. The van der Waals surface area contributed by atoms with Crippen LogP contribution >= 0.6 is 0 Å². The average Bonchev–Trinajstić information content (AvgIpc) is 1.67. The summed E-state index contributed by atoms with van der Waals surface area (Å²) < 4.78 is 0. The summed E-state index contributed by atoms with van der Waals surface area (Å²) in [5.41, 5.74) is 2.84. The van der Waals surface area contributed by atoms with E-state index in [4.69, 9.17) is 0 Å². The van der Waals surface area contributed by atoms with Crippen LogP contribution in [-0.2, 0) is 0 Å². The number of hydrogen-bond acceptors (Lipinski definition) is 0. The van der Waals surface area contributed by atoms with E-state index >= 15 is 0 Å². The molecule has 0 spiro atoms. The van der Waals surface area contributed by atoms with Crippen LogP contribution < -0.4 is 0 Å². The summed E-state index contributed by atoms with van der Waals surface area (Å²) in [4.78, 5) is 0. The van der Waals surface area contributed by atoms with Gasteiger partial charge in [0.15, 0.2) is 0 Å². The third-order valence-corrected chi connectivity index (χ3v) is 1.30. The minimum atomic E-state index is 1.03. The zero-order chi connectivity index (χ0) is 6.57. The van der Waals surface area contributed by atoms with Crippen molar-refractivity contribution in [2.45, 2.75) is 27.2 Å². The quantitative estimate of drug-likeness (QED) is 0.479. The Morgan fingerprint density at radius 3 is 2.00 bits per heavy atom. The fourth-order valence-electron chi connectivity index (χ4n) is 0.421. The second-order valence-corrected chi connectivity index (χ2v) is 2.27. The van der Waals surface area contributed by atoms with Crippen LogP contribution in [0, 0.1) is 0 Å². The molecule has 0 aliphatic rings. The zero-order valence-electron chi connectivity index (χ0n) is 5.99. The van der Waals surface area contributed by atoms with Gasteiger partial charge < -0.3 is 0 Å². The van der Waals surface area contributed by atoms with E-state index in [0.717, 1.165) is 6.42 Å². The maximum atomic E-state index is 3.65. The fourth-order valence-corrected chi connectivity index (χ4v) is 0.421. The molecule has 0 amide bonds. The van der Waals surface area contributed by atoms with Crippen LogP contribution in [0.1, 0.15) is 27.2 Å². The molecule has 0 aromatic rings. The first-order chi connectivity index (χ1) is 3.68. The number of rotatable bonds is 2. The highest BCUT2D eigenvalue weighted by Gasteiger charge is 1.84. The van der Waals surface area contributed by atoms with Crippen LogP contribution in [0.25, 0.3) is 0 Å². The van der Waals surface area contributed by atoms with E-state index < -0.39 is 0 Å². The normalized spacial score (nSPS) is 8.38. The van der Waals surface area contributed by atoms with Crippen molar-refractivity contribution in [2.24, 2.45) is 0 Å².